The summed E-state index contributed by atoms with van der Waals surface area (Å²) >= 11 is 0. The summed E-state index contributed by atoms with van der Waals surface area (Å²) in [4.78, 5) is 18.3. The Labute approximate surface area is 147 Å². The third-order valence-electron chi connectivity index (χ3n) is 6.51. The van der Waals surface area contributed by atoms with Crippen LogP contribution in [0.4, 0.5) is 0 Å². The molecule has 132 valence electrons. The van der Waals surface area contributed by atoms with Crippen molar-refractivity contribution in [3.8, 4) is 0 Å². The van der Waals surface area contributed by atoms with Gasteiger partial charge in [-0.25, -0.2) is 0 Å². The van der Waals surface area contributed by atoms with Crippen molar-refractivity contribution in [1.82, 2.24) is 9.88 Å². The highest BCUT2D eigenvalue weighted by Gasteiger charge is 2.52. The summed E-state index contributed by atoms with van der Waals surface area (Å²) in [6.07, 6.45) is 2.65. The number of aromatic amines is 1. The summed E-state index contributed by atoms with van der Waals surface area (Å²) in [6, 6.07) is 8.72. The van der Waals surface area contributed by atoms with E-state index in [4.69, 9.17) is 4.74 Å². The van der Waals surface area contributed by atoms with Gasteiger partial charge in [-0.2, -0.15) is 0 Å². The summed E-state index contributed by atoms with van der Waals surface area (Å²) < 4.78 is 4.87. The van der Waals surface area contributed by atoms with E-state index in [1.807, 2.05) is 12.1 Å². The van der Waals surface area contributed by atoms with E-state index in [-0.39, 0.29) is 11.9 Å². The molecule has 5 atom stereocenters. The van der Waals surface area contributed by atoms with E-state index >= 15 is 0 Å². The number of aliphatic hydroxyl groups is 1. The van der Waals surface area contributed by atoms with Crippen LogP contribution in [0.3, 0.4) is 0 Å². The van der Waals surface area contributed by atoms with Gasteiger partial charge in [0.15, 0.2) is 0 Å². The highest BCUT2D eigenvalue weighted by atomic mass is 16.7. The minimum Gasteiger partial charge on any atom is -0.435 e. The molecule has 5 nitrogen and oxygen atoms in total. The number of H-pyrrole nitrogens is 1. The second kappa shape index (κ2) is 5.58. The van der Waals surface area contributed by atoms with Gasteiger partial charge in [0, 0.05) is 29.1 Å². The molecule has 2 saturated heterocycles. The maximum absolute atomic E-state index is 12.1. The molecule has 1 aromatic heterocycles. The Bertz CT molecular complexity index is 829. The number of hydrogen-bond donors (Lipinski definition) is 2. The Morgan fingerprint density at radius 2 is 2.20 bits per heavy atom. The molecule has 2 aromatic rings. The van der Waals surface area contributed by atoms with Crippen molar-refractivity contribution in [3.63, 3.8) is 0 Å². The van der Waals surface area contributed by atoms with Gasteiger partial charge in [-0.05, 0) is 36.9 Å². The van der Waals surface area contributed by atoms with Gasteiger partial charge >= 0.3 is 5.97 Å². The number of piperidine rings is 1. The third kappa shape index (κ3) is 2.12. The number of nitrogens with one attached hydrogen (secondary N) is 1. The van der Waals surface area contributed by atoms with Crippen LogP contribution in [-0.4, -0.2) is 40.3 Å². The number of fused-ring (bicyclic) bond motifs is 5. The Morgan fingerprint density at radius 3 is 2.96 bits per heavy atom. The van der Waals surface area contributed by atoms with Gasteiger partial charge in [-0.3, -0.25) is 9.69 Å². The van der Waals surface area contributed by atoms with Gasteiger partial charge in [-0.15, -0.1) is 0 Å². The standard InChI is InChI=1S/C20H24N2O3/c1-2-11-6-5-9-22-10-13(16-19(23)25-20(16)24)15-12-7-3-4-8-14(12)21-17(15)18(11)22/h3-4,7-8,11,13,16,18-19,21,23H,2,5-6,9-10H2,1H3/t11-,13?,16?,18?,19+/m0/s1. The zero-order valence-corrected chi connectivity index (χ0v) is 14.4. The maximum Gasteiger partial charge on any atom is 0.318 e. The number of esters is 1. The third-order valence-corrected chi connectivity index (χ3v) is 6.51. The van der Waals surface area contributed by atoms with Crippen LogP contribution in [0.25, 0.3) is 10.9 Å². The van der Waals surface area contributed by atoms with Crippen molar-refractivity contribution in [2.75, 3.05) is 13.1 Å². The topological polar surface area (TPSA) is 65.6 Å². The highest BCUT2D eigenvalue weighted by molar-refractivity contribution is 5.88. The lowest BCUT2D eigenvalue weighted by molar-refractivity contribution is -0.231. The highest BCUT2D eigenvalue weighted by Crippen LogP contribution is 2.50. The molecule has 5 rings (SSSR count). The molecular weight excluding hydrogens is 316 g/mol. The van der Waals surface area contributed by atoms with E-state index in [1.54, 1.807) is 0 Å². The summed E-state index contributed by atoms with van der Waals surface area (Å²) in [5.41, 5.74) is 3.62. The number of benzene rings is 1. The normalized spacial score (nSPS) is 35.0. The number of carbonyl (C=O) groups is 1. The molecule has 25 heavy (non-hydrogen) atoms. The number of hydrogen-bond acceptors (Lipinski definition) is 4. The van der Waals surface area contributed by atoms with E-state index in [9.17, 15) is 9.90 Å². The van der Waals surface area contributed by atoms with Crippen molar-refractivity contribution in [3.05, 3.63) is 35.5 Å². The maximum atomic E-state index is 12.1. The van der Waals surface area contributed by atoms with Gasteiger partial charge in [0.1, 0.15) is 5.92 Å². The molecule has 0 radical (unpaired) electrons. The number of cyclic esters (lactones) is 1. The van der Waals surface area contributed by atoms with Gasteiger partial charge in [0.25, 0.3) is 0 Å². The summed E-state index contributed by atoms with van der Waals surface area (Å²) in [7, 11) is 0. The van der Waals surface area contributed by atoms with Crippen LogP contribution in [0.5, 0.6) is 0 Å². The number of rotatable bonds is 2. The summed E-state index contributed by atoms with van der Waals surface area (Å²) in [5.74, 6) is -0.0776. The van der Waals surface area contributed by atoms with Gasteiger partial charge in [0.05, 0.1) is 6.04 Å². The van der Waals surface area contributed by atoms with Crippen molar-refractivity contribution < 1.29 is 14.6 Å². The lowest BCUT2D eigenvalue weighted by Crippen LogP contribution is -2.54. The van der Waals surface area contributed by atoms with Crippen LogP contribution in [0.2, 0.25) is 0 Å². The molecule has 4 heterocycles. The molecule has 3 aliphatic heterocycles. The zero-order valence-electron chi connectivity index (χ0n) is 14.4. The lowest BCUT2D eigenvalue weighted by Gasteiger charge is -2.49. The molecule has 0 saturated carbocycles. The van der Waals surface area contributed by atoms with Crippen molar-refractivity contribution in [2.24, 2.45) is 11.8 Å². The molecule has 0 spiro atoms. The first kappa shape index (κ1) is 15.4. The largest absolute Gasteiger partial charge is 0.435 e. The van der Waals surface area contributed by atoms with Gasteiger partial charge < -0.3 is 14.8 Å². The Balaban J connectivity index is 1.69. The number of carbonyl (C=O) groups excluding carboxylic acids is 1. The smallest absolute Gasteiger partial charge is 0.318 e. The SMILES string of the molecule is CC[C@H]1CCCN2CC(C3C(=O)O[C@H]3O)c3c([nH]c4ccccc34)C12. The molecule has 3 unspecified atom stereocenters. The monoisotopic (exact) mass is 340 g/mol. The fourth-order valence-electron chi connectivity index (χ4n) is 5.33. The number of aliphatic hydroxyl groups excluding tert-OH is 1. The Kier molecular flexibility index (Phi) is 3.44. The fourth-order valence-corrected chi connectivity index (χ4v) is 5.33. The fraction of sp³-hybridized carbons (Fsp3) is 0.550. The number of nitrogens with zero attached hydrogens (tertiary/aromatic N) is 1. The average Bonchev–Trinajstić information content (AvgIpc) is 3.00. The van der Waals surface area contributed by atoms with E-state index < -0.39 is 12.2 Å². The Morgan fingerprint density at radius 1 is 1.36 bits per heavy atom. The van der Waals surface area contributed by atoms with Gasteiger partial charge in [-0.1, -0.05) is 31.5 Å². The number of ether oxygens (including phenoxy) is 1. The minimum atomic E-state index is -0.970. The number of aromatic nitrogens is 1. The first-order valence-electron chi connectivity index (χ1n) is 9.42. The summed E-state index contributed by atoms with van der Waals surface area (Å²) in [6.45, 7) is 4.16. The lowest BCUT2D eigenvalue weighted by atomic mass is 9.73. The minimum absolute atomic E-state index is 0.00532. The molecule has 2 fully saturated rings. The van der Waals surface area contributed by atoms with E-state index in [0.717, 1.165) is 25.0 Å². The van der Waals surface area contributed by atoms with Crippen molar-refractivity contribution in [1.29, 1.82) is 0 Å². The predicted octanol–water partition coefficient (Wildman–Crippen LogP) is 2.92. The van der Waals surface area contributed by atoms with E-state index in [2.05, 4.69) is 28.9 Å². The van der Waals surface area contributed by atoms with Crippen LogP contribution in [0, 0.1) is 11.8 Å². The summed E-state index contributed by atoms with van der Waals surface area (Å²) in [5, 5.41) is 11.3. The first-order valence-corrected chi connectivity index (χ1v) is 9.42. The average molecular weight is 340 g/mol. The van der Waals surface area contributed by atoms with Crippen molar-refractivity contribution >= 4 is 16.9 Å². The first-order chi connectivity index (χ1) is 12.2. The molecule has 0 aliphatic carbocycles. The molecule has 0 bridgehead atoms. The van der Waals surface area contributed by atoms with E-state index in [0.29, 0.717) is 12.0 Å². The molecule has 0 amide bonds. The second-order valence-electron chi connectivity index (χ2n) is 7.71. The van der Waals surface area contributed by atoms with Crippen LogP contribution in [-0.2, 0) is 9.53 Å². The zero-order chi connectivity index (χ0) is 17.1. The molecule has 3 aliphatic rings. The Hall–Kier alpha value is -1.85. The second-order valence-corrected chi connectivity index (χ2v) is 7.71. The quantitative estimate of drug-likeness (QED) is 0.825. The van der Waals surface area contributed by atoms with Crippen molar-refractivity contribution in [2.45, 2.75) is 44.4 Å². The van der Waals surface area contributed by atoms with Gasteiger partial charge in [0.2, 0.25) is 6.29 Å². The van der Waals surface area contributed by atoms with Crippen LogP contribution < -0.4 is 0 Å². The molecule has 5 heteroatoms. The van der Waals surface area contributed by atoms with Crippen LogP contribution >= 0.6 is 0 Å². The molecule has 2 N–H and O–H groups in total. The van der Waals surface area contributed by atoms with Crippen LogP contribution in [0.15, 0.2) is 24.3 Å². The molecule has 1 aromatic carbocycles. The van der Waals surface area contributed by atoms with Crippen LogP contribution in [0.1, 0.15) is 49.4 Å². The molecular formula is C20H24N2O3. The number of para-hydroxylation sites is 1. The van der Waals surface area contributed by atoms with E-state index in [1.165, 1.54) is 29.5 Å². The predicted molar refractivity (Wildman–Crippen MR) is 94.0 cm³/mol.